The summed E-state index contributed by atoms with van der Waals surface area (Å²) in [6.45, 7) is 5.23. The first-order valence-electron chi connectivity index (χ1n) is 8.65. The highest BCUT2D eigenvalue weighted by Crippen LogP contribution is 2.09. The molecule has 0 aromatic heterocycles. The second-order valence-electron chi connectivity index (χ2n) is 6.91. The van der Waals surface area contributed by atoms with Gasteiger partial charge in [-0.15, -0.1) is 0 Å². The lowest BCUT2D eigenvalue weighted by molar-refractivity contribution is -0.492. The SMILES string of the molecule is CC(C)(C)OC(=O)N[C@H](COC(=O)CCCON(O)O)Cc1ccccc1. The Morgan fingerprint density at radius 2 is 1.85 bits per heavy atom. The number of esters is 1. The third kappa shape index (κ3) is 11.9. The highest BCUT2D eigenvalue weighted by atomic mass is 17.1. The molecule has 0 aliphatic carbocycles. The van der Waals surface area contributed by atoms with Crippen LogP contribution in [0.3, 0.4) is 0 Å². The van der Waals surface area contributed by atoms with Gasteiger partial charge in [-0.1, -0.05) is 30.3 Å². The van der Waals surface area contributed by atoms with Crippen LogP contribution in [0.1, 0.15) is 39.2 Å². The van der Waals surface area contributed by atoms with Gasteiger partial charge >= 0.3 is 12.1 Å². The Morgan fingerprint density at radius 1 is 1.19 bits per heavy atom. The van der Waals surface area contributed by atoms with Crippen molar-refractivity contribution < 1.29 is 34.3 Å². The fraction of sp³-hybridized carbons (Fsp3) is 0.556. The van der Waals surface area contributed by atoms with Gasteiger partial charge < -0.3 is 14.8 Å². The molecule has 152 valence electrons. The molecular formula is C18H28N2O7. The fourth-order valence-corrected chi connectivity index (χ4v) is 2.15. The van der Waals surface area contributed by atoms with Gasteiger partial charge in [-0.3, -0.25) is 20.0 Å². The van der Waals surface area contributed by atoms with Crippen molar-refractivity contribution in [1.82, 2.24) is 10.7 Å². The molecule has 1 atom stereocenters. The first-order chi connectivity index (χ1) is 12.7. The zero-order valence-electron chi connectivity index (χ0n) is 15.9. The highest BCUT2D eigenvalue weighted by molar-refractivity contribution is 5.70. The molecule has 1 rings (SSSR count). The molecule has 0 saturated heterocycles. The van der Waals surface area contributed by atoms with Crippen LogP contribution in [0.25, 0.3) is 0 Å². The Kier molecular flexibility index (Phi) is 9.73. The number of rotatable bonds is 10. The third-order valence-electron chi connectivity index (χ3n) is 3.22. The minimum absolute atomic E-state index is 0.0139. The lowest BCUT2D eigenvalue weighted by Gasteiger charge is -2.23. The number of carbonyl (C=O) groups excluding carboxylic acids is 2. The summed E-state index contributed by atoms with van der Waals surface area (Å²) >= 11 is 0. The summed E-state index contributed by atoms with van der Waals surface area (Å²) in [6.07, 6.45) is 0.178. The maximum absolute atomic E-state index is 12.0. The molecule has 1 aromatic rings. The number of alkyl carbamates (subject to hydrolysis) is 1. The zero-order valence-corrected chi connectivity index (χ0v) is 15.9. The monoisotopic (exact) mass is 384 g/mol. The van der Waals surface area contributed by atoms with Gasteiger partial charge in [0.25, 0.3) is 0 Å². The van der Waals surface area contributed by atoms with Crippen LogP contribution in [0.2, 0.25) is 0 Å². The third-order valence-corrected chi connectivity index (χ3v) is 3.22. The van der Waals surface area contributed by atoms with Crippen LogP contribution in [-0.2, 0) is 25.5 Å². The molecule has 0 spiro atoms. The fourth-order valence-electron chi connectivity index (χ4n) is 2.15. The molecule has 3 N–H and O–H groups in total. The number of hydrogen-bond donors (Lipinski definition) is 3. The first-order valence-corrected chi connectivity index (χ1v) is 8.65. The van der Waals surface area contributed by atoms with Crippen molar-refractivity contribution in [2.75, 3.05) is 13.2 Å². The van der Waals surface area contributed by atoms with Gasteiger partial charge in [-0.05, 0) is 39.2 Å². The number of nitrogens with one attached hydrogen (secondary N) is 1. The number of ether oxygens (including phenoxy) is 2. The second kappa shape index (κ2) is 11.5. The summed E-state index contributed by atoms with van der Waals surface area (Å²) in [5, 5.41) is 19.1. The average molecular weight is 384 g/mol. The van der Waals surface area contributed by atoms with Crippen LogP contribution < -0.4 is 5.32 Å². The Balaban J connectivity index is 2.52. The normalized spacial score (nSPS) is 12.5. The number of benzene rings is 1. The van der Waals surface area contributed by atoms with E-state index in [0.29, 0.717) is 6.42 Å². The lowest BCUT2D eigenvalue weighted by atomic mass is 10.1. The van der Waals surface area contributed by atoms with E-state index in [0.717, 1.165) is 5.56 Å². The zero-order chi connectivity index (χ0) is 20.3. The minimum Gasteiger partial charge on any atom is -0.463 e. The van der Waals surface area contributed by atoms with Gasteiger partial charge in [0.2, 0.25) is 0 Å². The summed E-state index contributed by atoms with van der Waals surface area (Å²) in [5.41, 5.74) is 0.347. The second-order valence-corrected chi connectivity index (χ2v) is 6.91. The summed E-state index contributed by atoms with van der Waals surface area (Å²) in [4.78, 5) is 28.2. The van der Waals surface area contributed by atoms with E-state index in [2.05, 4.69) is 10.2 Å². The Morgan fingerprint density at radius 3 is 2.44 bits per heavy atom. The van der Waals surface area contributed by atoms with Crippen molar-refractivity contribution in [1.29, 1.82) is 0 Å². The molecule has 0 aliphatic rings. The Labute approximate surface area is 158 Å². The van der Waals surface area contributed by atoms with Crippen molar-refractivity contribution in [3.8, 4) is 0 Å². The van der Waals surface area contributed by atoms with E-state index >= 15 is 0 Å². The lowest BCUT2D eigenvalue weighted by Crippen LogP contribution is -2.43. The molecule has 0 aliphatic heterocycles. The number of nitrogens with zero attached hydrogens (tertiary/aromatic N) is 1. The number of amides is 1. The van der Waals surface area contributed by atoms with E-state index < -0.39 is 29.1 Å². The van der Waals surface area contributed by atoms with Crippen LogP contribution in [0.15, 0.2) is 30.3 Å². The summed E-state index contributed by atoms with van der Waals surface area (Å²) < 4.78 is 10.5. The summed E-state index contributed by atoms with van der Waals surface area (Å²) in [6, 6.07) is 9.04. The van der Waals surface area contributed by atoms with E-state index in [1.54, 1.807) is 20.8 Å². The van der Waals surface area contributed by atoms with Crippen LogP contribution in [0, 0.1) is 0 Å². The standard InChI is InChI=1S/C18H28N2O7/c1-18(2,3)27-17(22)19-15(12-14-8-5-4-6-9-14)13-25-16(21)10-7-11-26-20(23)24/h4-6,8-9,15,23-24H,7,10-13H2,1-3H3,(H,19,22)/t15-/m0/s1. The van der Waals surface area contributed by atoms with Crippen LogP contribution in [0.5, 0.6) is 0 Å². The molecule has 9 nitrogen and oxygen atoms in total. The molecule has 9 heteroatoms. The van der Waals surface area contributed by atoms with Crippen LogP contribution >= 0.6 is 0 Å². The summed E-state index contributed by atoms with van der Waals surface area (Å²) in [7, 11) is 0. The molecule has 0 radical (unpaired) electrons. The van der Waals surface area contributed by atoms with Gasteiger partial charge in [0.1, 0.15) is 12.2 Å². The molecule has 0 unspecified atom stereocenters. The minimum atomic E-state index is -0.634. The molecule has 0 saturated carbocycles. The van der Waals surface area contributed by atoms with Gasteiger partial charge in [0.05, 0.1) is 18.0 Å². The van der Waals surface area contributed by atoms with Gasteiger partial charge in [0.15, 0.2) is 0 Å². The van der Waals surface area contributed by atoms with Crippen molar-refractivity contribution in [3.63, 3.8) is 0 Å². The van der Waals surface area contributed by atoms with Crippen molar-refractivity contribution in [3.05, 3.63) is 35.9 Å². The van der Waals surface area contributed by atoms with E-state index in [4.69, 9.17) is 19.9 Å². The van der Waals surface area contributed by atoms with Crippen molar-refractivity contribution in [2.45, 2.75) is 51.7 Å². The molecule has 0 heterocycles. The topological polar surface area (TPSA) is 118 Å². The van der Waals surface area contributed by atoms with E-state index in [-0.39, 0.29) is 26.1 Å². The smallest absolute Gasteiger partial charge is 0.408 e. The average Bonchev–Trinajstić information content (AvgIpc) is 2.55. The number of carbonyl (C=O) groups is 2. The Bertz CT molecular complexity index is 573. The van der Waals surface area contributed by atoms with E-state index in [9.17, 15) is 9.59 Å². The molecule has 1 aromatic carbocycles. The van der Waals surface area contributed by atoms with Crippen LogP contribution in [-0.4, -0.2) is 52.7 Å². The molecule has 27 heavy (non-hydrogen) atoms. The predicted octanol–water partition coefficient (Wildman–Crippen LogP) is 2.46. The molecular weight excluding hydrogens is 356 g/mol. The van der Waals surface area contributed by atoms with Crippen LogP contribution in [0.4, 0.5) is 4.79 Å². The predicted molar refractivity (Wildman–Crippen MR) is 94.9 cm³/mol. The summed E-state index contributed by atoms with van der Waals surface area (Å²) in [5.74, 6) is -0.481. The maximum Gasteiger partial charge on any atom is 0.408 e. The van der Waals surface area contributed by atoms with Gasteiger partial charge in [-0.25, -0.2) is 4.79 Å². The molecule has 0 bridgehead atoms. The number of hydrogen-bond acceptors (Lipinski definition) is 8. The highest BCUT2D eigenvalue weighted by Gasteiger charge is 2.21. The Hall–Kier alpha value is -2.20. The van der Waals surface area contributed by atoms with Crippen molar-refractivity contribution in [2.24, 2.45) is 0 Å². The van der Waals surface area contributed by atoms with Crippen molar-refractivity contribution >= 4 is 12.1 Å². The van der Waals surface area contributed by atoms with Gasteiger partial charge in [-0.2, -0.15) is 0 Å². The molecule has 0 fully saturated rings. The quantitative estimate of drug-likeness (QED) is 0.320. The molecule has 1 amide bonds. The van der Waals surface area contributed by atoms with Gasteiger partial charge in [0, 0.05) is 6.42 Å². The maximum atomic E-state index is 12.0. The van der Waals surface area contributed by atoms with E-state index in [1.807, 2.05) is 30.3 Å². The first kappa shape index (κ1) is 22.8. The van der Waals surface area contributed by atoms with E-state index in [1.165, 1.54) is 0 Å². The largest absolute Gasteiger partial charge is 0.463 e.